The van der Waals surface area contributed by atoms with Gasteiger partial charge in [-0.25, -0.2) is 0 Å². The first-order chi connectivity index (χ1) is 8.58. The normalized spacial score (nSPS) is 11.9. The number of hydrogen-bond acceptors (Lipinski definition) is 4. The van der Waals surface area contributed by atoms with Crippen molar-refractivity contribution in [3.8, 4) is 11.5 Å². The minimum absolute atomic E-state index is 0.511. The van der Waals surface area contributed by atoms with Crippen molar-refractivity contribution in [2.45, 2.75) is 26.4 Å². The summed E-state index contributed by atoms with van der Waals surface area (Å²) in [5.41, 5.74) is 11.7. The SMILES string of the molecule is CCOc1cc(CCN)ccc1OC(C)C(N)=O. The molecule has 1 rings (SSSR count). The molecule has 0 aliphatic carbocycles. The summed E-state index contributed by atoms with van der Waals surface area (Å²) in [4.78, 5) is 11.0. The Morgan fingerprint density at radius 1 is 1.39 bits per heavy atom. The average Bonchev–Trinajstić information content (AvgIpc) is 2.33. The molecule has 0 aliphatic heterocycles. The molecule has 0 fully saturated rings. The largest absolute Gasteiger partial charge is 0.490 e. The number of benzene rings is 1. The van der Waals surface area contributed by atoms with Gasteiger partial charge in [-0.1, -0.05) is 6.07 Å². The molecular formula is C13H20N2O3. The molecule has 5 nitrogen and oxygen atoms in total. The van der Waals surface area contributed by atoms with E-state index in [1.165, 1.54) is 0 Å². The molecule has 4 N–H and O–H groups in total. The minimum Gasteiger partial charge on any atom is -0.490 e. The summed E-state index contributed by atoms with van der Waals surface area (Å²) in [6.07, 6.45) is 0.0794. The number of amides is 1. The van der Waals surface area contributed by atoms with E-state index in [2.05, 4.69) is 0 Å². The van der Waals surface area contributed by atoms with Crippen LogP contribution < -0.4 is 20.9 Å². The lowest BCUT2D eigenvalue weighted by Gasteiger charge is -2.16. The van der Waals surface area contributed by atoms with E-state index < -0.39 is 12.0 Å². The minimum atomic E-state index is -0.690. The Labute approximate surface area is 107 Å². The summed E-state index contributed by atoms with van der Waals surface area (Å²) in [6, 6.07) is 5.55. The number of hydrogen-bond donors (Lipinski definition) is 2. The van der Waals surface area contributed by atoms with E-state index in [1.807, 2.05) is 19.1 Å². The van der Waals surface area contributed by atoms with Crippen molar-refractivity contribution in [1.82, 2.24) is 0 Å². The van der Waals surface area contributed by atoms with Crippen LogP contribution >= 0.6 is 0 Å². The maximum atomic E-state index is 11.0. The van der Waals surface area contributed by atoms with Gasteiger partial charge in [-0.2, -0.15) is 0 Å². The third-order valence-electron chi connectivity index (χ3n) is 2.45. The van der Waals surface area contributed by atoms with Crippen LogP contribution in [0.5, 0.6) is 11.5 Å². The Hall–Kier alpha value is -1.75. The molecule has 1 amide bonds. The van der Waals surface area contributed by atoms with Gasteiger partial charge in [0.05, 0.1) is 6.61 Å². The second-order valence-corrected chi connectivity index (χ2v) is 3.92. The molecule has 100 valence electrons. The van der Waals surface area contributed by atoms with Crippen molar-refractivity contribution >= 4 is 5.91 Å². The molecule has 0 heterocycles. The van der Waals surface area contributed by atoms with Crippen LogP contribution in [0.4, 0.5) is 0 Å². The van der Waals surface area contributed by atoms with E-state index in [9.17, 15) is 4.79 Å². The second kappa shape index (κ2) is 6.86. The van der Waals surface area contributed by atoms with Crippen molar-refractivity contribution in [3.63, 3.8) is 0 Å². The van der Waals surface area contributed by atoms with E-state index in [4.69, 9.17) is 20.9 Å². The van der Waals surface area contributed by atoms with E-state index in [0.29, 0.717) is 24.7 Å². The number of primary amides is 1. The molecule has 5 heteroatoms. The molecular weight excluding hydrogens is 232 g/mol. The predicted molar refractivity (Wildman–Crippen MR) is 69.7 cm³/mol. The van der Waals surface area contributed by atoms with E-state index in [0.717, 1.165) is 12.0 Å². The number of carbonyl (C=O) groups excluding carboxylic acids is 1. The Balaban J connectivity index is 2.91. The third kappa shape index (κ3) is 3.92. The first-order valence-corrected chi connectivity index (χ1v) is 6.00. The summed E-state index contributed by atoms with van der Waals surface area (Å²) in [5.74, 6) is 0.615. The Kier molecular flexibility index (Phi) is 5.45. The summed E-state index contributed by atoms with van der Waals surface area (Å²) in [5, 5.41) is 0. The maximum absolute atomic E-state index is 11.0. The van der Waals surface area contributed by atoms with Crippen LogP contribution in [-0.4, -0.2) is 25.2 Å². The van der Waals surface area contributed by atoms with Crippen LogP contribution in [0.1, 0.15) is 19.4 Å². The molecule has 1 aromatic rings. The van der Waals surface area contributed by atoms with Gasteiger partial charge in [-0.05, 0) is 44.5 Å². The zero-order valence-electron chi connectivity index (χ0n) is 10.8. The molecule has 0 radical (unpaired) electrons. The third-order valence-corrected chi connectivity index (χ3v) is 2.45. The number of ether oxygens (including phenoxy) is 2. The van der Waals surface area contributed by atoms with Crippen molar-refractivity contribution in [2.24, 2.45) is 11.5 Å². The Bertz CT molecular complexity index is 407. The molecule has 0 saturated heterocycles. The van der Waals surface area contributed by atoms with Crippen LogP contribution in [0.3, 0.4) is 0 Å². The molecule has 1 atom stereocenters. The predicted octanol–water partition coefficient (Wildman–Crippen LogP) is 0.839. The first-order valence-electron chi connectivity index (χ1n) is 6.00. The van der Waals surface area contributed by atoms with Gasteiger partial charge in [0.15, 0.2) is 17.6 Å². The van der Waals surface area contributed by atoms with Crippen molar-refractivity contribution in [1.29, 1.82) is 0 Å². The number of nitrogens with two attached hydrogens (primary N) is 2. The molecule has 0 saturated carbocycles. The van der Waals surface area contributed by atoms with Gasteiger partial charge in [0.25, 0.3) is 5.91 Å². The quantitative estimate of drug-likeness (QED) is 0.752. The summed E-state index contributed by atoms with van der Waals surface area (Å²) < 4.78 is 10.9. The molecule has 0 aromatic heterocycles. The fourth-order valence-electron chi connectivity index (χ4n) is 1.49. The van der Waals surface area contributed by atoms with Gasteiger partial charge in [0.1, 0.15) is 0 Å². The van der Waals surface area contributed by atoms with Crippen molar-refractivity contribution in [2.75, 3.05) is 13.2 Å². The first kappa shape index (κ1) is 14.3. The highest BCUT2D eigenvalue weighted by atomic mass is 16.5. The van der Waals surface area contributed by atoms with Crippen molar-refractivity contribution < 1.29 is 14.3 Å². The zero-order valence-corrected chi connectivity index (χ0v) is 10.8. The number of rotatable bonds is 7. The van der Waals surface area contributed by atoms with E-state index in [1.54, 1.807) is 13.0 Å². The van der Waals surface area contributed by atoms with Crippen LogP contribution in [0.2, 0.25) is 0 Å². The highest BCUT2D eigenvalue weighted by molar-refractivity contribution is 5.78. The van der Waals surface area contributed by atoms with Gasteiger partial charge >= 0.3 is 0 Å². The fourth-order valence-corrected chi connectivity index (χ4v) is 1.49. The molecule has 18 heavy (non-hydrogen) atoms. The fraction of sp³-hybridized carbons (Fsp3) is 0.462. The molecule has 0 bridgehead atoms. The lowest BCUT2D eigenvalue weighted by molar-refractivity contribution is -0.124. The highest BCUT2D eigenvalue weighted by Gasteiger charge is 2.14. The second-order valence-electron chi connectivity index (χ2n) is 3.92. The summed E-state index contributed by atoms with van der Waals surface area (Å²) in [6.45, 7) is 4.58. The van der Waals surface area contributed by atoms with Crippen LogP contribution in [0, 0.1) is 0 Å². The Morgan fingerprint density at radius 3 is 2.67 bits per heavy atom. The average molecular weight is 252 g/mol. The zero-order chi connectivity index (χ0) is 13.5. The Morgan fingerprint density at radius 2 is 2.11 bits per heavy atom. The van der Waals surface area contributed by atoms with Crippen LogP contribution in [-0.2, 0) is 11.2 Å². The monoisotopic (exact) mass is 252 g/mol. The lowest BCUT2D eigenvalue weighted by Crippen LogP contribution is -2.30. The smallest absolute Gasteiger partial charge is 0.258 e. The summed E-state index contributed by atoms with van der Waals surface area (Å²) >= 11 is 0. The van der Waals surface area contributed by atoms with Crippen LogP contribution in [0.25, 0.3) is 0 Å². The van der Waals surface area contributed by atoms with Gasteiger partial charge < -0.3 is 20.9 Å². The molecule has 1 aromatic carbocycles. The van der Waals surface area contributed by atoms with E-state index >= 15 is 0 Å². The lowest BCUT2D eigenvalue weighted by atomic mass is 10.1. The standard InChI is InChI=1S/C13H20N2O3/c1-3-17-12-8-10(6-7-14)4-5-11(12)18-9(2)13(15)16/h4-5,8-9H,3,6-7,14H2,1-2H3,(H2,15,16). The molecule has 1 unspecified atom stereocenters. The summed E-state index contributed by atoms with van der Waals surface area (Å²) in [7, 11) is 0. The number of carbonyl (C=O) groups is 1. The van der Waals surface area contributed by atoms with Crippen molar-refractivity contribution in [3.05, 3.63) is 23.8 Å². The van der Waals surface area contributed by atoms with Gasteiger partial charge in [-0.15, -0.1) is 0 Å². The molecule has 0 aliphatic rings. The van der Waals surface area contributed by atoms with Gasteiger partial charge in [0, 0.05) is 0 Å². The highest BCUT2D eigenvalue weighted by Crippen LogP contribution is 2.29. The van der Waals surface area contributed by atoms with Gasteiger partial charge in [-0.3, -0.25) is 4.79 Å². The maximum Gasteiger partial charge on any atom is 0.258 e. The molecule has 0 spiro atoms. The van der Waals surface area contributed by atoms with Crippen LogP contribution in [0.15, 0.2) is 18.2 Å². The topological polar surface area (TPSA) is 87.6 Å². The van der Waals surface area contributed by atoms with E-state index in [-0.39, 0.29) is 0 Å². The van der Waals surface area contributed by atoms with Gasteiger partial charge in [0.2, 0.25) is 0 Å².